The van der Waals surface area contributed by atoms with Crippen LogP contribution in [0.15, 0.2) is 237 Å². The molecule has 0 N–H and O–H groups in total. The summed E-state index contributed by atoms with van der Waals surface area (Å²) in [5.74, 6) is -0.567. The van der Waals surface area contributed by atoms with Crippen LogP contribution in [0.4, 0.5) is 8.78 Å². The second kappa shape index (κ2) is 17.3. The van der Waals surface area contributed by atoms with Gasteiger partial charge in [0.15, 0.2) is 0 Å². The van der Waals surface area contributed by atoms with E-state index in [1.807, 2.05) is 78.9 Å². The molecule has 0 aliphatic heterocycles. The lowest BCUT2D eigenvalue weighted by Crippen LogP contribution is -2.01. The molecule has 13 rings (SSSR count). The Morgan fingerprint density at radius 3 is 1.49 bits per heavy atom. The van der Waals surface area contributed by atoms with Gasteiger partial charge in [0.05, 0.1) is 17.1 Å². The van der Waals surface area contributed by atoms with Gasteiger partial charge in [-0.1, -0.05) is 109 Å². The Hall–Kier alpha value is -9.46. The van der Waals surface area contributed by atoms with Crippen LogP contribution >= 0.6 is 0 Å². The smallest absolute Gasteiger partial charge is 0.123 e. The summed E-state index contributed by atoms with van der Waals surface area (Å²) in [5.41, 5.74) is 15.2. The third-order valence-corrected chi connectivity index (χ3v) is 13.4. The van der Waals surface area contributed by atoms with E-state index in [4.69, 9.17) is 20.2 Å². The van der Waals surface area contributed by atoms with Crippen molar-refractivity contribution in [2.75, 3.05) is 0 Å². The molecule has 0 bridgehead atoms. The molecular weight excluding hydrogens is 877 g/mol. The zero-order valence-corrected chi connectivity index (χ0v) is 38.0. The highest BCUT2D eigenvalue weighted by molar-refractivity contribution is 6.01. The van der Waals surface area contributed by atoms with Crippen molar-refractivity contribution in [1.29, 1.82) is 0 Å². The Morgan fingerprint density at radius 1 is 0.310 bits per heavy atom. The normalized spacial score (nSPS) is 11.5. The van der Waals surface area contributed by atoms with E-state index in [2.05, 4.69) is 121 Å². The van der Waals surface area contributed by atoms with E-state index in [1.54, 1.807) is 29.3 Å². The summed E-state index contributed by atoms with van der Waals surface area (Å²) in [6, 6.07) is 74.3. The van der Waals surface area contributed by atoms with E-state index in [-0.39, 0.29) is 11.6 Å². The van der Waals surface area contributed by atoms with Crippen LogP contribution in [0, 0.1) is 11.6 Å². The molecule has 334 valence electrons. The third-order valence-electron chi connectivity index (χ3n) is 13.4. The molecule has 71 heavy (non-hydrogen) atoms. The number of hydrogen-bond donors (Lipinski definition) is 0. The van der Waals surface area contributed by atoms with Crippen molar-refractivity contribution in [3.8, 4) is 83.8 Å². The van der Waals surface area contributed by atoms with E-state index >= 15 is 0 Å². The van der Waals surface area contributed by atoms with Crippen molar-refractivity contribution in [3.05, 3.63) is 248 Å². The van der Waals surface area contributed by atoms with Crippen molar-refractivity contribution in [3.63, 3.8) is 0 Å². The molecule has 0 unspecified atom stereocenters. The first-order chi connectivity index (χ1) is 34.9. The summed E-state index contributed by atoms with van der Waals surface area (Å²) >= 11 is 0. The molecule has 0 aliphatic rings. The number of rotatable bonds is 8. The fourth-order valence-electron chi connectivity index (χ4n) is 9.92. The second-order valence-corrected chi connectivity index (χ2v) is 17.9. The van der Waals surface area contributed by atoms with Crippen LogP contribution in [0.2, 0.25) is 0 Å². The number of nitrogens with zero attached hydrogens (tertiary/aromatic N) is 5. The first-order valence-corrected chi connectivity index (χ1v) is 23.5. The molecule has 0 fully saturated rings. The van der Waals surface area contributed by atoms with Crippen LogP contribution in [0.3, 0.4) is 0 Å². The highest BCUT2D eigenvalue weighted by atomic mass is 19.1. The minimum absolute atomic E-state index is 0.281. The number of pyridine rings is 2. The van der Waals surface area contributed by atoms with Crippen LogP contribution in [-0.4, -0.2) is 25.0 Å². The molecule has 0 saturated carbocycles. The Bertz CT molecular complexity index is 4200. The topological polar surface area (TPSA) is 56.5 Å². The van der Waals surface area contributed by atoms with E-state index < -0.39 is 0 Å². The average molecular weight is 916 g/mol. The molecule has 0 amide bonds. The van der Waals surface area contributed by atoms with Crippen LogP contribution < -0.4 is 0 Å². The largest absolute Gasteiger partial charge is 0.256 e. The zero-order valence-electron chi connectivity index (χ0n) is 38.0. The van der Waals surface area contributed by atoms with Gasteiger partial charge >= 0.3 is 0 Å². The molecule has 3 aromatic heterocycles. The number of aromatic nitrogens is 5. The quantitative estimate of drug-likeness (QED) is 0.152. The minimum atomic E-state index is -0.285. The van der Waals surface area contributed by atoms with Gasteiger partial charge in [0, 0.05) is 34.6 Å². The Morgan fingerprint density at radius 2 is 0.831 bits per heavy atom. The molecule has 10 aromatic carbocycles. The first-order valence-electron chi connectivity index (χ1n) is 23.5. The highest BCUT2D eigenvalue weighted by Crippen LogP contribution is 2.41. The first kappa shape index (κ1) is 41.7. The van der Waals surface area contributed by atoms with Gasteiger partial charge in [-0.05, 0) is 192 Å². The Balaban J connectivity index is 1.07. The third kappa shape index (κ3) is 7.85. The van der Waals surface area contributed by atoms with Crippen LogP contribution in [-0.2, 0) is 0 Å². The SMILES string of the molecule is Fc1ccc2ccc(-c3cc(-c4cc(-c5cc(-c6ccc7ccc(F)cc7c6)cc(-c6ccccn6)c5)c5nn(-c6ccccc6-c6cccc7ccccc67)nc5c4)cc(-c4ccccn4)c3)cc2c1. The number of halogens is 2. The van der Waals surface area contributed by atoms with Crippen LogP contribution in [0.1, 0.15) is 0 Å². The van der Waals surface area contributed by atoms with Crippen molar-refractivity contribution < 1.29 is 8.78 Å². The van der Waals surface area contributed by atoms with Crippen molar-refractivity contribution in [2.24, 2.45) is 0 Å². The average Bonchev–Trinajstić information content (AvgIpc) is 3.87. The van der Waals surface area contributed by atoms with Gasteiger partial charge in [-0.25, -0.2) is 8.78 Å². The van der Waals surface area contributed by atoms with Gasteiger partial charge < -0.3 is 0 Å². The van der Waals surface area contributed by atoms with Gasteiger partial charge in [-0.3, -0.25) is 9.97 Å². The molecule has 0 saturated heterocycles. The summed E-state index contributed by atoms with van der Waals surface area (Å²) in [7, 11) is 0. The maximum atomic E-state index is 14.7. The summed E-state index contributed by atoms with van der Waals surface area (Å²) in [6.45, 7) is 0. The molecule has 0 radical (unpaired) electrons. The lowest BCUT2D eigenvalue weighted by atomic mass is 9.90. The number of benzene rings is 10. The van der Waals surface area contributed by atoms with Gasteiger partial charge in [0.25, 0.3) is 0 Å². The van der Waals surface area contributed by atoms with Crippen molar-refractivity contribution >= 4 is 43.4 Å². The monoisotopic (exact) mass is 915 g/mol. The molecule has 0 aliphatic carbocycles. The molecular formula is C64H39F2N5. The molecule has 13 aromatic rings. The van der Waals surface area contributed by atoms with Gasteiger partial charge in [0.2, 0.25) is 0 Å². The van der Waals surface area contributed by atoms with Crippen molar-refractivity contribution in [1.82, 2.24) is 25.0 Å². The summed E-state index contributed by atoms with van der Waals surface area (Å²) in [4.78, 5) is 11.4. The van der Waals surface area contributed by atoms with E-state index in [1.165, 1.54) is 12.1 Å². The minimum Gasteiger partial charge on any atom is -0.256 e. The zero-order chi connectivity index (χ0) is 47.4. The van der Waals surface area contributed by atoms with Gasteiger partial charge in [-0.15, -0.1) is 15.0 Å². The molecule has 7 heteroatoms. The highest BCUT2D eigenvalue weighted by Gasteiger charge is 2.20. The standard InChI is InChI=1S/C64H39F2N5/c65-54-24-22-40-18-20-43(28-48(40)36-54)45-30-47(34-52(32-45)60-15-5-7-26-67-60)50-38-59(51-31-46(33-53(35-51)61-16-6-8-27-68-61)44-21-19-41-23-25-55(66)37-49(41)29-44)64-62(39-50)69-71(70-64)63-17-4-3-13-58(63)57-14-9-11-42-10-1-2-12-56(42)57/h1-39H. The van der Waals surface area contributed by atoms with Crippen LogP contribution in [0.5, 0.6) is 0 Å². The molecule has 3 heterocycles. The second-order valence-electron chi connectivity index (χ2n) is 17.9. The Labute approximate surface area is 407 Å². The predicted molar refractivity (Wildman–Crippen MR) is 285 cm³/mol. The summed E-state index contributed by atoms with van der Waals surface area (Å²) < 4.78 is 29.3. The lowest BCUT2D eigenvalue weighted by molar-refractivity contribution is 0.629. The predicted octanol–water partition coefficient (Wildman–Crippen LogP) is 16.6. The van der Waals surface area contributed by atoms with Gasteiger partial charge in [0.1, 0.15) is 22.7 Å². The molecule has 0 atom stereocenters. The lowest BCUT2D eigenvalue weighted by Gasteiger charge is -2.14. The fraction of sp³-hybridized carbons (Fsp3) is 0. The van der Waals surface area contributed by atoms with Gasteiger partial charge in [-0.2, -0.15) is 0 Å². The maximum Gasteiger partial charge on any atom is 0.123 e. The maximum absolute atomic E-state index is 14.7. The van der Waals surface area contributed by atoms with Crippen molar-refractivity contribution in [2.45, 2.75) is 0 Å². The molecule has 5 nitrogen and oxygen atoms in total. The van der Waals surface area contributed by atoms with E-state index in [0.717, 1.165) is 116 Å². The van der Waals surface area contributed by atoms with E-state index in [0.29, 0.717) is 11.0 Å². The molecule has 0 spiro atoms. The van der Waals surface area contributed by atoms with E-state index in [9.17, 15) is 8.78 Å². The number of hydrogen-bond acceptors (Lipinski definition) is 4. The van der Waals surface area contributed by atoms with Crippen LogP contribution in [0.25, 0.3) is 127 Å². The Kier molecular flexibility index (Phi) is 10.1. The number of fused-ring (bicyclic) bond motifs is 4. The summed E-state index contributed by atoms with van der Waals surface area (Å²) in [6.07, 6.45) is 3.60. The fourth-order valence-corrected chi connectivity index (χ4v) is 9.92. The number of para-hydroxylation sites is 1. The summed E-state index contributed by atoms with van der Waals surface area (Å²) in [5, 5.41) is 16.5.